The Bertz CT molecular complexity index is 312. The molecule has 0 aliphatic carbocycles. The molecule has 94 valence electrons. The van der Waals surface area contributed by atoms with Crippen LogP contribution in [-0.2, 0) is 0 Å². The van der Waals surface area contributed by atoms with Crippen LogP contribution in [0.2, 0.25) is 0 Å². The number of rotatable bonds is 3. The largest absolute Gasteiger partial charge is 0.106 e. The zero-order valence-electron chi connectivity index (χ0n) is 9.40. The summed E-state index contributed by atoms with van der Waals surface area (Å²) >= 11 is 0. The molecule has 0 aromatic heterocycles. The first-order chi connectivity index (χ1) is 7.58. The Kier molecular flexibility index (Phi) is 56.4. The maximum atomic E-state index is 5.28. The van der Waals surface area contributed by atoms with E-state index in [1.807, 2.05) is 0 Å². The van der Waals surface area contributed by atoms with E-state index in [1.165, 1.54) is 7.06 Å². The number of hydrogen-bond donors (Lipinski definition) is 0. The zero-order valence-corrected chi connectivity index (χ0v) is 9.40. The van der Waals surface area contributed by atoms with Crippen molar-refractivity contribution in [2.24, 2.45) is 0 Å². The first-order valence-corrected chi connectivity index (χ1v) is 4.58. The lowest BCUT2D eigenvalue weighted by molar-refractivity contribution is 1.56. The lowest BCUT2D eigenvalue weighted by Crippen LogP contribution is -2.42. The predicted octanol–water partition coefficient (Wildman–Crippen LogP) is 0.534. The van der Waals surface area contributed by atoms with Gasteiger partial charge in [0.1, 0.15) is 0 Å². The van der Waals surface area contributed by atoms with E-state index in [-0.39, 0.29) is 36.1 Å². The third kappa shape index (κ3) is 43.4. The summed E-state index contributed by atoms with van der Waals surface area (Å²) < 4.78 is 0. The highest BCUT2D eigenvalue weighted by molar-refractivity contribution is 7.80. The maximum Gasteiger partial charge on any atom is 0.0712 e. The molecule has 0 spiro atoms. The van der Waals surface area contributed by atoms with E-state index in [2.05, 4.69) is 29.6 Å². The first kappa shape index (κ1) is 36.5. The van der Waals surface area contributed by atoms with Crippen LogP contribution in [0.5, 0.6) is 0 Å². The summed E-state index contributed by atoms with van der Waals surface area (Å²) in [6.07, 6.45) is 4.65. The Hall–Kier alpha value is -0.801. The summed E-state index contributed by atoms with van der Waals surface area (Å²) in [4.78, 5) is 0. The average molecular weight is 253 g/mol. The van der Waals surface area contributed by atoms with E-state index < -0.39 is 6.39 Å². The molecule has 0 nitrogen and oxygen atoms in total. The summed E-state index contributed by atoms with van der Waals surface area (Å²) in [7, 11) is 23.4. The van der Waals surface area contributed by atoms with Crippen molar-refractivity contribution in [3.8, 4) is 36.0 Å². The van der Waals surface area contributed by atoms with Crippen molar-refractivity contribution >= 4 is 57.8 Å². The van der Waals surface area contributed by atoms with E-state index in [0.29, 0.717) is 6.42 Å². The van der Waals surface area contributed by atoms with Gasteiger partial charge in [-0.05, 0) is 18.8 Å². The van der Waals surface area contributed by atoms with Crippen LogP contribution in [-0.4, -0.2) is 57.8 Å². The number of hydrogen-bond acceptors (Lipinski definition) is 0. The summed E-state index contributed by atoms with van der Waals surface area (Å²) in [6, 6.07) is 0. The van der Waals surface area contributed by atoms with Crippen molar-refractivity contribution < 1.29 is 0 Å². The van der Waals surface area contributed by atoms with Crippen molar-refractivity contribution in [3.63, 3.8) is 0 Å². The minimum atomic E-state index is -0.482. The molecule has 0 heterocycles. The van der Waals surface area contributed by atoms with Gasteiger partial charge in [0.15, 0.2) is 0 Å². The Morgan fingerprint density at radius 2 is 1.55 bits per heavy atom. The van der Waals surface area contributed by atoms with Crippen LogP contribution in [0.25, 0.3) is 0 Å². The van der Waals surface area contributed by atoms with Crippen molar-refractivity contribution in [1.29, 1.82) is 0 Å². The van der Waals surface area contributed by atoms with E-state index >= 15 is 0 Å². The average Bonchev–Trinajstić information content (AvgIpc) is 2.24. The van der Waals surface area contributed by atoms with Crippen LogP contribution >= 0.6 is 0 Å². The van der Waals surface area contributed by atoms with E-state index in [9.17, 15) is 0 Å². The quantitative estimate of drug-likeness (QED) is 0.508. The highest BCUT2D eigenvalue weighted by Gasteiger charge is 2.05. The third-order valence-electron chi connectivity index (χ3n) is 1.18. The second kappa shape index (κ2) is 30.9. The third-order valence-corrected chi connectivity index (χ3v) is 1.18. The second-order valence-corrected chi connectivity index (χ2v) is 2.59. The Morgan fingerprint density at radius 3 is 1.80 bits per heavy atom. The molecular formula is C12H22B8. The minimum Gasteiger partial charge on any atom is -0.106 e. The Labute approximate surface area is 137 Å². The molecule has 0 unspecified atom stereocenters. The molecule has 0 aromatic carbocycles. The van der Waals surface area contributed by atoms with Gasteiger partial charge < -0.3 is 0 Å². The molecule has 8 heteroatoms. The summed E-state index contributed by atoms with van der Waals surface area (Å²) in [5, 5.41) is 0. The van der Waals surface area contributed by atoms with Crippen molar-refractivity contribution in [1.82, 2.24) is 0 Å². The Balaban J connectivity index is -0.0000000408. The minimum absolute atomic E-state index is 0. The molecular weight excluding hydrogens is 231 g/mol. The molecule has 0 N–H and O–H groups in total. The van der Waals surface area contributed by atoms with Crippen LogP contribution in [0.15, 0.2) is 0 Å². The molecule has 20 heavy (non-hydrogen) atoms. The molecule has 0 fully saturated rings. The van der Waals surface area contributed by atoms with Crippen LogP contribution in [0.4, 0.5) is 0 Å². The lowest BCUT2D eigenvalue weighted by Gasteiger charge is -2.04. The van der Waals surface area contributed by atoms with Crippen LogP contribution in [0.3, 0.4) is 0 Å². The fraction of sp³-hybridized carbons (Fsp3) is 0.500. The van der Waals surface area contributed by atoms with E-state index in [1.54, 1.807) is 14.0 Å². The fourth-order valence-corrected chi connectivity index (χ4v) is 0.549. The second-order valence-electron chi connectivity index (χ2n) is 2.59. The molecule has 0 saturated carbocycles. The summed E-state index contributed by atoms with van der Waals surface area (Å²) in [5.74, 6) is 12.8. The van der Waals surface area contributed by atoms with E-state index in [0.717, 1.165) is 0 Å². The molecule has 0 bridgehead atoms. The van der Waals surface area contributed by atoms with Gasteiger partial charge in [-0.3, -0.25) is 0 Å². The van der Waals surface area contributed by atoms with Gasteiger partial charge in [-0.1, -0.05) is 41.5 Å². The summed E-state index contributed by atoms with van der Waals surface area (Å²) in [5.41, 5.74) is 0. The lowest BCUT2D eigenvalue weighted by atomic mass is 8.77. The van der Waals surface area contributed by atoms with Gasteiger partial charge in [-0.15, -0.1) is 12.3 Å². The van der Waals surface area contributed by atoms with Gasteiger partial charge in [-0.2, -0.15) is 0 Å². The normalized spacial score (nSPS) is 4.80. The monoisotopic (exact) mass is 254 g/mol. The topological polar surface area (TPSA) is 0 Å². The molecule has 0 saturated heterocycles. The molecule has 0 amide bonds. The smallest absolute Gasteiger partial charge is 0.0712 e. The van der Waals surface area contributed by atoms with Crippen LogP contribution in [0.1, 0.15) is 43.1 Å². The van der Waals surface area contributed by atoms with E-state index in [4.69, 9.17) is 37.4 Å². The predicted molar refractivity (Wildman–Crippen MR) is 108 cm³/mol. The maximum absolute atomic E-state index is 5.28. The molecule has 0 atom stereocenters. The first-order valence-electron chi connectivity index (χ1n) is 4.58. The number of terminal acetylenes is 1. The molecule has 0 aliphatic rings. The molecule has 0 aromatic rings. The SMILES string of the molecule is C.C.C.C.C#CC#CCC#CC.[B][B]B([B])[B]B([B])[B]. The molecule has 0 rings (SSSR count). The molecule has 0 aliphatic heterocycles. The van der Waals surface area contributed by atoms with Crippen LogP contribution < -0.4 is 0 Å². The summed E-state index contributed by atoms with van der Waals surface area (Å²) in [6.45, 7) is 1.78. The van der Waals surface area contributed by atoms with Crippen molar-refractivity contribution in [2.45, 2.75) is 43.1 Å². The van der Waals surface area contributed by atoms with Gasteiger partial charge >= 0.3 is 0 Å². The van der Waals surface area contributed by atoms with Crippen molar-refractivity contribution in [3.05, 3.63) is 0 Å². The Morgan fingerprint density at radius 1 is 1.05 bits per heavy atom. The standard InChI is InChI=1S/C8H6.4CH4.B8/c1-3-5-7-8-6-4-2;;;;;1-5-8(4)6-7(2)3/h1H,8H2,2H3;4*1H4;. The highest BCUT2D eigenvalue weighted by atomic mass is 13.6. The van der Waals surface area contributed by atoms with Crippen LogP contribution in [0, 0.1) is 36.0 Å². The van der Waals surface area contributed by atoms with Gasteiger partial charge in [0, 0.05) is 57.8 Å². The molecule has 10 radical (unpaired) electrons. The highest BCUT2D eigenvalue weighted by Crippen LogP contribution is 1.67. The fourth-order valence-electron chi connectivity index (χ4n) is 0.549. The van der Waals surface area contributed by atoms with Crippen molar-refractivity contribution in [2.75, 3.05) is 0 Å². The van der Waals surface area contributed by atoms with Gasteiger partial charge in [0.2, 0.25) is 0 Å². The van der Waals surface area contributed by atoms with Gasteiger partial charge in [0.05, 0.1) is 6.42 Å². The van der Waals surface area contributed by atoms with Gasteiger partial charge in [-0.25, -0.2) is 0 Å². The van der Waals surface area contributed by atoms with Gasteiger partial charge in [0.25, 0.3) is 0 Å². The zero-order chi connectivity index (χ0) is 12.8.